The van der Waals surface area contributed by atoms with Crippen molar-refractivity contribution in [3.05, 3.63) is 29.6 Å². The molecular formula is C13H16FN3O3. The normalized spacial score (nSPS) is 19.1. The fourth-order valence-corrected chi connectivity index (χ4v) is 2.05. The highest BCUT2D eigenvalue weighted by Crippen LogP contribution is 2.19. The maximum atomic E-state index is 13.8. The minimum Gasteiger partial charge on any atom is -0.409 e. The van der Waals surface area contributed by atoms with E-state index in [4.69, 9.17) is 15.7 Å². The molecule has 20 heavy (non-hydrogen) atoms. The minimum atomic E-state index is -0.644. The van der Waals surface area contributed by atoms with Crippen molar-refractivity contribution >= 4 is 17.4 Å². The molecule has 0 aliphatic carbocycles. The van der Waals surface area contributed by atoms with Crippen LogP contribution in [0.3, 0.4) is 0 Å². The molecule has 1 amide bonds. The van der Waals surface area contributed by atoms with Crippen LogP contribution in [0, 0.1) is 5.82 Å². The number of hydrogen-bond acceptors (Lipinski definition) is 4. The van der Waals surface area contributed by atoms with E-state index >= 15 is 0 Å². The van der Waals surface area contributed by atoms with Crippen molar-refractivity contribution in [2.45, 2.75) is 25.4 Å². The summed E-state index contributed by atoms with van der Waals surface area (Å²) in [5, 5.41) is 13.8. The molecule has 0 aromatic heterocycles. The van der Waals surface area contributed by atoms with E-state index in [9.17, 15) is 9.18 Å². The SMILES string of the molecule is N/C(=N/O)c1ccc(NC(=O)CC2CCCO2)c(F)c1. The van der Waals surface area contributed by atoms with Crippen LogP contribution in [-0.4, -0.2) is 29.7 Å². The molecule has 0 saturated carbocycles. The third-order valence-corrected chi connectivity index (χ3v) is 3.08. The minimum absolute atomic E-state index is 0.0579. The number of nitrogens with two attached hydrogens (primary N) is 1. The van der Waals surface area contributed by atoms with Gasteiger partial charge in [-0.1, -0.05) is 5.16 Å². The second-order valence-corrected chi connectivity index (χ2v) is 4.57. The van der Waals surface area contributed by atoms with Gasteiger partial charge in [0.25, 0.3) is 0 Å². The van der Waals surface area contributed by atoms with Crippen LogP contribution in [-0.2, 0) is 9.53 Å². The van der Waals surface area contributed by atoms with Gasteiger partial charge >= 0.3 is 0 Å². The molecule has 1 atom stereocenters. The lowest BCUT2D eigenvalue weighted by Gasteiger charge is -2.11. The summed E-state index contributed by atoms with van der Waals surface area (Å²) in [5.41, 5.74) is 5.65. The molecule has 1 fully saturated rings. The Kier molecular flexibility index (Phi) is 4.52. The largest absolute Gasteiger partial charge is 0.409 e. The Morgan fingerprint density at radius 3 is 3.00 bits per heavy atom. The van der Waals surface area contributed by atoms with E-state index in [2.05, 4.69) is 10.5 Å². The quantitative estimate of drug-likeness (QED) is 0.336. The number of hydrogen-bond donors (Lipinski definition) is 3. The number of anilines is 1. The van der Waals surface area contributed by atoms with Gasteiger partial charge in [-0.15, -0.1) is 0 Å². The predicted molar refractivity (Wildman–Crippen MR) is 71.1 cm³/mol. The van der Waals surface area contributed by atoms with Crippen LogP contribution in [0.4, 0.5) is 10.1 Å². The molecule has 1 unspecified atom stereocenters. The average Bonchev–Trinajstić information content (AvgIpc) is 2.93. The van der Waals surface area contributed by atoms with Crippen molar-refractivity contribution in [1.29, 1.82) is 0 Å². The second-order valence-electron chi connectivity index (χ2n) is 4.57. The van der Waals surface area contributed by atoms with Crippen LogP contribution in [0.1, 0.15) is 24.8 Å². The van der Waals surface area contributed by atoms with Crippen molar-refractivity contribution in [3.8, 4) is 0 Å². The molecule has 1 saturated heterocycles. The summed E-state index contributed by atoms with van der Waals surface area (Å²) < 4.78 is 19.1. The van der Waals surface area contributed by atoms with Crippen molar-refractivity contribution < 1.29 is 19.1 Å². The van der Waals surface area contributed by atoms with Gasteiger partial charge in [-0.3, -0.25) is 4.79 Å². The molecule has 1 heterocycles. The molecule has 1 aromatic carbocycles. The molecule has 0 spiro atoms. The molecular weight excluding hydrogens is 265 g/mol. The van der Waals surface area contributed by atoms with Crippen LogP contribution in [0.25, 0.3) is 0 Å². The van der Waals surface area contributed by atoms with Crippen LogP contribution in [0.5, 0.6) is 0 Å². The Hall–Kier alpha value is -2.15. The molecule has 1 aliphatic heterocycles. The summed E-state index contributed by atoms with van der Waals surface area (Å²) in [6.45, 7) is 0.667. The maximum Gasteiger partial charge on any atom is 0.227 e. The van der Waals surface area contributed by atoms with E-state index in [1.807, 2.05) is 0 Å². The topological polar surface area (TPSA) is 96.9 Å². The van der Waals surface area contributed by atoms with Gasteiger partial charge in [-0.2, -0.15) is 0 Å². The molecule has 0 bridgehead atoms. The first-order chi connectivity index (χ1) is 9.60. The first kappa shape index (κ1) is 14.3. The highest BCUT2D eigenvalue weighted by molar-refractivity contribution is 5.98. The Labute approximate surface area is 115 Å². The number of carbonyl (C=O) groups excluding carboxylic acids is 1. The number of amides is 1. The highest BCUT2D eigenvalue weighted by atomic mass is 19.1. The number of rotatable bonds is 4. The lowest BCUT2D eigenvalue weighted by Crippen LogP contribution is -2.20. The summed E-state index contributed by atoms with van der Waals surface area (Å²) in [4.78, 5) is 11.7. The van der Waals surface area contributed by atoms with Crippen molar-refractivity contribution in [2.75, 3.05) is 11.9 Å². The summed E-state index contributed by atoms with van der Waals surface area (Å²) in [5.74, 6) is -1.14. The van der Waals surface area contributed by atoms with Gasteiger partial charge in [0.15, 0.2) is 5.84 Å². The molecule has 2 rings (SSSR count). The van der Waals surface area contributed by atoms with E-state index in [0.717, 1.165) is 18.9 Å². The fourth-order valence-electron chi connectivity index (χ4n) is 2.05. The first-order valence-electron chi connectivity index (χ1n) is 6.29. The van der Waals surface area contributed by atoms with E-state index in [1.54, 1.807) is 0 Å². The van der Waals surface area contributed by atoms with E-state index in [0.29, 0.717) is 6.61 Å². The van der Waals surface area contributed by atoms with E-state index in [-0.39, 0.29) is 35.5 Å². The summed E-state index contributed by atoms with van der Waals surface area (Å²) in [7, 11) is 0. The monoisotopic (exact) mass is 281 g/mol. The van der Waals surface area contributed by atoms with Gasteiger partial charge < -0.3 is 21.0 Å². The zero-order chi connectivity index (χ0) is 14.5. The van der Waals surface area contributed by atoms with Gasteiger partial charge in [0, 0.05) is 12.2 Å². The number of halogens is 1. The van der Waals surface area contributed by atoms with Crippen LogP contribution in [0.15, 0.2) is 23.4 Å². The molecule has 108 valence electrons. The van der Waals surface area contributed by atoms with Crippen molar-refractivity contribution in [1.82, 2.24) is 0 Å². The number of carbonyl (C=O) groups is 1. The average molecular weight is 281 g/mol. The smallest absolute Gasteiger partial charge is 0.227 e. The van der Waals surface area contributed by atoms with Crippen LogP contribution >= 0.6 is 0 Å². The Morgan fingerprint density at radius 1 is 1.60 bits per heavy atom. The second kappa shape index (κ2) is 6.33. The summed E-state index contributed by atoms with van der Waals surface area (Å²) in [6.07, 6.45) is 1.91. The third-order valence-electron chi connectivity index (χ3n) is 3.08. The number of amidine groups is 1. The zero-order valence-electron chi connectivity index (χ0n) is 10.8. The van der Waals surface area contributed by atoms with Crippen molar-refractivity contribution in [2.24, 2.45) is 10.9 Å². The molecule has 7 heteroatoms. The first-order valence-corrected chi connectivity index (χ1v) is 6.29. The van der Waals surface area contributed by atoms with Gasteiger partial charge in [0.2, 0.25) is 5.91 Å². The lowest BCUT2D eigenvalue weighted by atomic mass is 10.1. The maximum absolute atomic E-state index is 13.8. The van der Waals surface area contributed by atoms with Gasteiger partial charge in [0.05, 0.1) is 18.2 Å². The van der Waals surface area contributed by atoms with Crippen molar-refractivity contribution in [3.63, 3.8) is 0 Å². The van der Waals surface area contributed by atoms with Gasteiger partial charge in [-0.05, 0) is 31.0 Å². The van der Waals surface area contributed by atoms with Gasteiger partial charge in [0.1, 0.15) is 5.82 Å². The molecule has 1 aliphatic rings. The highest BCUT2D eigenvalue weighted by Gasteiger charge is 2.19. The number of benzene rings is 1. The summed E-state index contributed by atoms with van der Waals surface area (Å²) >= 11 is 0. The van der Waals surface area contributed by atoms with E-state index in [1.165, 1.54) is 12.1 Å². The fraction of sp³-hybridized carbons (Fsp3) is 0.385. The number of nitrogens with one attached hydrogen (secondary N) is 1. The molecule has 4 N–H and O–H groups in total. The Balaban J connectivity index is 2.00. The molecule has 6 nitrogen and oxygen atoms in total. The third kappa shape index (κ3) is 3.45. The predicted octanol–water partition coefficient (Wildman–Crippen LogP) is 1.43. The Bertz CT molecular complexity index is 528. The van der Waals surface area contributed by atoms with Crippen LogP contribution < -0.4 is 11.1 Å². The number of ether oxygens (including phenoxy) is 1. The van der Waals surface area contributed by atoms with Gasteiger partial charge in [-0.25, -0.2) is 4.39 Å². The lowest BCUT2D eigenvalue weighted by molar-refractivity contribution is -0.118. The van der Waals surface area contributed by atoms with Crippen LogP contribution in [0.2, 0.25) is 0 Å². The number of nitrogens with zero attached hydrogens (tertiary/aromatic N) is 1. The van der Waals surface area contributed by atoms with E-state index < -0.39 is 5.82 Å². The molecule has 1 aromatic rings. The summed E-state index contributed by atoms with van der Waals surface area (Å²) in [6, 6.07) is 3.92. The standard InChI is InChI=1S/C13H16FN3O3/c14-10-6-8(13(15)17-19)3-4-11(10)16-12(18)7-9-2-1-5-20-9/h3-4,6,9,19H,1-2,5,7H2,(H2,15,17)(H,16,18). The Morgan fingerprint density at radius 2 is 2.40 bits per heavy atom. The zero-order valence-corrected chi connectivity index (χ0v) is 10.8. The number of oxime groups is 1. The molecule has 0 radical (unpaired) electrons.